The van der Waals surface area contributed by atoms with Crippen molar-refractivity contribution < 1.29 is 86.9 Å². The minimum Gasteiger partial charge on any atom is -0.759 e. The summed E-state index contributed by atoms with van der Waals surface area (Å²) in [4.78, 5) is 0. The summed E-state index contributed by atoms with van der Waals surface area (Å²) >= 11 is 0. The van der Waals surface area contributed by atoms with Crippen LogP contribution in [0.1, 0.15) is 13.8 Å². The molecular weight excluding hydrogens is 234 g/mol. The molecule has 76 valence electrons. The van der Waals surface area contributed by atoms with Crippen LogP contribution < -0.4 is 59.1 Å². The third-order valence-electron chi connectivity index (χ3n) is 0.856. The molecule has 0 unspecified atom stereocenters. The van der Waals surface area contributed by atoms with Gasteiger partial charge in [0.25, 0.3) is 0 Å². The molecule has 0 atom stereocenters. The van der Waals surface area contributed by atoms with Gasteiger partial charge in [-0.25, -0.2) is 0 Å². The normalized spacial score (nSPS) is 10.1. The van der Waals surface area contributed by atoms with Crippen molar-refractivity contribution in [2.45, 2.75) is 13.8 Å². The van der Waals surface area contributed by atoms with Crippen LogP contribution in [-0.4, -0.2) is 41.0 Å². The molecule has 0 saturated carbocycles. The number of hydrogen-bond donors (Lipinski definition) is 2. The smallest absolute Gasteiger partial charge is 0.759 e. The van der Waals surface area contributed by atoms with E-state index in [9.17, 15) is 0 Å². The SMILES string of the molecule is CC(C)(CO)CO.O=S(=O)([O-])[O-].[Na+].[Na+]. The zero-order chi connectivity index (χ0) is 10.4. The van der Waals surface area contributed by atoms with Crippen LogP contribution in [0.4, 0.5) is 0 Å². The molecule has 0 fully saturated rings. The van der Waals surface area contributed by atoms with Gasteiger partial charge < -0.3 is 19.3 Å². The zero-order valence-electron chi connectivity index (χ0n) is 8.85. The van der Waals surface area contributed by atoms with E-state index in [0.29, 0.717) is 0 Å². The molecule has 0 aliphatic heterocycles. The van der Waals surface area contributed by atoms with Gasteiger partial charge in [0.2, 0.25) is 0 Å². The van der Waals surface area contributed by atoms with E-state index in [1.54, 1.807) is 13.8 Å². The van der Waals surface area contributed by atoms with Crippen LogP contribution in [0.25, 0.3) is 0 Å². The number of hydrogen-bond acceptors (Lipinski definition) is 6. The van der Waals surface area contributed by atoms with Gasteiger partial charge in [0.05, 0.1) is 13.2 Å². The summed E-state index contributed by atoms with van der Waals surface area (Å²) in [6.45, 7) is 3.69. The second-order valence-electron chi connectivity index (χ2n) is 2.89. The van der Waals surface area contributed by atoms with Crippen LogP contribution in [0.3, 0.4) is 0 Å². The van der Waals surface area contributed by atoms with Gasteiger partial charge in [0, 0.05) is 15.8 Å². The first-order chi connectivity index (χ1) is 5.12. The average molecular weight is 246 g/mol. The number of aliphatic hydroxyl groups is 2. The van der Waals surface area contributed by atoms with Gasteiger partial charge in [-0.1, -0.05) is 13.8 Å². The Morgan fingerprint density at radius 3 is 1.21 bits per heavy atom. The Labute approximate surface area is 128 Å². The molecule has 6 nitrogen and oxygen atoms in total. The van der Waals surface area contributed by atoms with E-state index in [0.717, 1.165) is 0 Å². The van der Waals surface area contributed by atoms with Crippen molar-refractivity contribution in [1.29, 1.82) is 0 Å². The Bertz CT molecular complexity index is 188. The van der Waals surface area contributed by atoms with Gasteiger partial charge in [-0.15, -0.1) is 0 Å². The van der Waals surface area contributed by atoms with Gasteiger partial charge in [0.15, 0.2) is 0 Å². The molecule has 9 heteroatoms. The topological polar surface area (TPSA) is 121 Å². The van der Waals surface area contributed by atoms with Crippen molar-refractivity contribution in [1.82, 2.24) is 0 Å². The Hall–Kier alpha value is 1.79. The van der Waals surface area contributed by atoms with Gasteiger partial charge >= 0.3 is 59.1 Å². The molecule has 0 spiro atoms. The fourth-order valence-corrected chi connectivity index (χ4v) is 0.0500. The van der Waals surface area contributed by atoms with Crippen LogP contribution in [0.5, 0.6) is 0 Å². The molecule has 0 saturated heterocycles. The van der Waals surface area contributed by atoms with Gasteiger partial charge in [-0.05, 0) is 0 Å². The fraction of sp³-hybridized carbons (Fsp3) is 1.00. The Morgan fingerprint density at radius 1 is 1.07 bits per heavy atom. The van der Waals surface area contributed by atoms with Crippen molar-refractivity contribution in [3.05, 3.63) is 0 Å². The molecule has 14 heavy (non-hydrogen) atoms. The Kier molecular flexibility index (Phi) is 20.0. The average Bonchev–Trinajstić information content (AvgIpc) is 1.85. The molecule has 0 aromatic rings. The quantitative estimate of drug-likeness (QED) is 0.283. The van der Waals surface area contributed by atoms with E-state index in [1.165, 1.54) is 0 Å². The van der Waals surface area contributed by atoms with E-state index in [1.807, 2.05) is 0 Å². The van der Waals surface area contributed by atoms with Gasteiger partial charge in [-0.2, -0.15) is 0 Å². The first kappa shape index (κ1) is 24.8. The molecule has 0 bridgehead atoms. The van der Waals surface area contributed by atoms with Crippen LogP contribution in [0, 0.1) is 5.41 Å². The molecule has 0 aromatic heterocycles. The summed E-state index contributed by atoms with van der Waals surface area (Å²) < 4.78 is 34.1. The minimum absolute atomic E-state index is 0. The molecule has 0 amide bonds. The molecule has 0 aliphatic rings. The summed E-state index contributed by atoms with van der Waals surface area (Å²) in [7, 11) is -5.17. The maximum absolute atomic E-state index is 8.52. The van der Waals surface area contributed by atoms with E-state index in [4.69, 9.17) is 27.7 Å². The van der Waals surface area contributed by atoms with Crippen LogP contribution in [0.2, 0.25) is 0 Å². The third kappa shape index (κ3) is 37.2. The second kappa shape index (κ2) is 11.3. The molecule has 2 N–H and O–H groups in total. The Morgan fingerprint density at radius 2 is 1.21 bits per heavy atom. The molecule has 0 heterocycles. The van der Waals surface area contributed by atoms with Crippen molar-refractivity contribution in [2.24, 2.45) is 5.41 Å². The van der Waals surface area contributed by atoms with E-state index >= 15 is 0 Å². The minimum atomic E-state index is -5.17. The van der Waals surface area contributed by atoms with E-state index < -0.39 is 10.4 Å². The second-order valence-corrected chi connectivity index (χ2v) is 3.71. The molecular formula is C5H12Na2O6S. The maximum Gasteiger partial charge on any atom is 1.00 e. The van der Waals surface area contributed by atoms with Crippen LogP contribution >= 0.6 is 0 Å². The summed E-state index contributed by atoms with van der Waals surface area (Å²) in [6.07, 6.45) is 0. The van der Waals surface area contributed by atoms with E-state index in [2.05, 4.69) is 0 Å². The molecule has 0 radical (unpaired) electrons. The van der Waals surface area contributed by atoms with Gasteiger partial charge in [0.1, 0.15) is 0 Å². The third-order valence-corrected chi connectivity index (χ3v) is 0.856. The van der Waals surface area contributed by atoms with Crippen LogP contribution in [-0.2, 0) is 10.4 Å². The summed E-state index contributed by atoms with van der Waals surface area (Å²) in [5.74, 6) is 0. The first-order valence-corrected chi connectivity index (χ1v) is 4.34. The van der Waals surface area contributed by atoms with Crippen molar-refractivity contribution in [2.75, 3.05) is 13.2 Å². The largest absolute Gasteiger partial charge is 1.00 e. The predicted octanol–water partition coefficient (Wildman–Crippen LogP) is -7.33. The monoisotopic (exact) mass is 246 g/mol. The van der Waals surface area contributed by atoms with E-state index in [-0.39, 0.29) is 77.7 Å². The number of rotatable bonds is 2. The standard InChI is InChI=1S/C5H12O2.2Na.H2O4S/c1-5(2,3-6)4-7;;;1-5(2,3)4/h6-7H,3-4H2,1-2H3;;;(H2,1,2,3,4)/q;2*+1;/p-2. The Balaban J connectivity index is -0.0000000651. The first-order valence-electron chi connectivity index (χ1n) is 3.01. The van der Waals surface area contributed by atoms with Crippen molar-refractivity contribution in [3.63, 3.8) is 0 Å². The fourth-order valence-electron chi connectivity index (χ4n) is 0.0500. The van der Waals surface area contributed by atoms with Gasteiger partial charge in [-0.3, -0.25) is 8.42 Å². The van der Waals surface area contributed by atoms with Crippen LogP contribution in [0.15, 0.2) is 0 Å². The zero-order valence-corrected chi connectivity index (χ0v) is 13.7. The maximum atomic E-state index is 8.52. The molecule has 0 aromatic carbocycles. The summed E-state index contributed by atoms with van der Waals surface area (Å²) in [6, 6.07) is 0. The van der Waals surface area contributed by atoms with Crippen molar-refractivity contribution >= 4 is 10.4 Å². The summed E-state index contributed by atoms with van der Waals surface area (Å²) in [5, 5.41) is 16.9. The van der Waals surface area contributed by atoms with Crippen molar-refractivity contribution in [3.8, 4) is 0 Å². The molecule has 0 aliphatic carbocycles. The summed E-state index contributed by atoms with van der Waals surface area (Å²) in [5.41, 5.74) is -0.306. The molecule has 0 rings (SSSR count). The predicted molar refractivity (Wildman–Crippen MR) is 38.4 cm³/mol. The number of aliphatic hydroxyl groups excluding tert-OH is 2.